The third-order valence-electron chi connectivity index (χ3n) is 1.93. The molecule has 1 aromatic heterocycles. The second kappa shape index (κ2) is 4.94. The summed E-state index contributed by atoms with van der Waals surface area (Å²) >= 11 is 11.1. The number of aliphatic hydroxyl groups excluding tert-OH is 2. The molecular weight excluding hydrogens is 225 g/mol. The summed E-state index contributed by atoms with van der Waals surface area (Å²) in [6.07, 6.45) is -2.00. The molecule has 0 aliphatic rings. The second-order valence-electron chi connectivity index (χ2n) is 2.98. The van der Waals surface area contributed by atoms with E-state index in [-0.39, 0.29) is 5.88 Å². The van der Waals surface area contributed by atoms with Crippen LogP contribution in [-0.4, -0.2) is 27.2 Å². The van der Waals surface area contributed by atoms with Gasteiger partial charge < -0.3 is 10.2 Å². The Morgan fingerprint density at radius 1 is 1.43 bits per heavy atom. The number of pyridine rings is 1. The molecule has 78 valence electrons. The van der Waals surface area contributed by atoms with Crippen LogP contribution >= 0.6 is 23.2 Å². The first-order valence-electron chi connectivity index (χ1n) is 4.11. The summed E-state index contributed by atoms with van der Waals surface area (Å²) in [6, 6.07) is 3.19. The van der Waals surface area contributed by atoms with Crippen molar-refractivity contribution in [1.29, 1.82) is 0 Å². The highest BCUT2D eigenvalue weighted by Gasteiger charge is 2.19. The molecule has 0 saturated carbocycles. The van der Waals surface area contributed by atoms with Crippen LogP contribution in [0.2, 0.25) is 5.15 Å². The van der Waals surface area contributed by atoms with Gasteiger partial charge in [0.05, 0.1) is 12.0 Å². The van der Waals surface area contributed by atoms with Crippen molar-refractivity contribution in [2.24, 2.45) is 0 Å². The Bertz CT molecular complexity index is 320. The molecule has 0 aromatic carbocycles. The van der Waals surface area contributed by atoms with Crippen LogP contribution < -0.4 is 0 Å². The number of rotatable bonds is 3. The van der Waals surface area contributed by atoms with Gasteiger partial charge in [0.1, 0.15) is 11.3 Å². The van der Waals surface area contributed by atoms with E-state index in [4.69, 9.17) is 23.2 Å². The Balaban J connectivity index is 2.95. The Kier molecular flexibility index (Phi) is 4.13. The molecule has 0 spiro atoms. The molecule has 0 fully saturated rings. The minimum Gasteiger partial charge on any atom is -0.389 e. The maximum Gasteiger partial charge on any atom is 0.129 e. The number of hydrogen-bond acceptors (Lipinski definition) is 3. The second-order valence-corrected chi connectivity index (χ2v) is 3.67. The van der Waals surface area contributed by atoms with E-state index in [2.05, 4.69) is 4.98 Å². The van der Waals surface area contributed by atoms with Gasteiger partial charge in [-0.25, -0.2) is 4.98 Å². The van der Waals surface area contributed by atoms with Gasteiger partial charge in [-0.2, -0.15) is 0 Å². The third kappa shape index (κ3) is 2.58. The summed E-state index contributed by atoms with van der Waals surface area (Å²) < 4.78 is 0. The minimum absolute atomic E-state index is 0.0246. The third-order valence-corrected chi connectivity index (χ3v) is 2.46. The zero-order chi connectivity index (χ0) is 10.7. The zero-order valence-corrected chi connectivity index (χ0v) is 9.13. The van der Waals surface area contributed by atoms with E-state index in [1.807, 2.05) is 0 Å². The van der Waals surface area contributed by atoms with Crippen LogP contribution in [-0.2, 0) is 0 Å². The van der Waals surface area contributed by atoms with Crippen molar-refractivity contribution in [3.8, 4) is 0 Å². The first-order valence-corrected chi connectivity index (χ1v) is 5.02. The number of aromatic nitrogens is 1. The number of aliphatic hydroxyl groups is 2. The quantitative estimate of drug-likeness (QED) is 0.620. The van der Waals surface area contributed by atoms with Crippen molar-refractivity contribution in [3.63, 3.8) is 0 Å². The molecule has 2 atom stereocenters. The number of halogens is 2. The van der Waals surface area contributed by atoms with Crippen LogP contribution in [0, 0.1) is 6.92 Å². The van der Waals surface area contributed by atoms with Crippen LogP contribution in [0.1, 0.15) is 17.4 Å². The van der Waals surface area contributed by atoms with Gasteiger partial charge in [-0.05, 0) is 13.0 Å². The average Bonchev–Trinajstić information content (AvgIpc) is 2.15. The SMILES string of the molecule is Cc1nc(Cl)ccc1C(O)C(O)CCl. The highest BCUT2D eigenvalue weighted by Crippen LogP contribution is 2.21. The maximum absolute atomic E-state index is 9.64. The Labute approximate surface area is 92.3 Å². The monoisotopic (exact) mass is 235 g/mol. The number of aryl methyl sites for hydroxylation is 1. The Morgan fingerprint density at radius 2 is 2.07 bits per heavy atom. The van der Waals surface area contributed by atoms with Crippen molar-refractivity contribution in [2.75, 3.05) is 5.88 Å². The lowest BCUT2D eigenvalue weighted by atomic mass is 10.0. The van der Waals surface area contributed by atoms with Crippen LogP contribution in [0.3, 0.4) is 0 Å². The van der Waals surface area contributed by atoms with Crippen molar-refractivity contribution < 1.29 is 10.2 Å². The molecule has 14 heavy (non-hydrogen) atoms. The molecule has 3 nitrogen and oxygen atoms in total. The smallest absolute Gasteiger partial charge is 0.129 e. The van der Waals surface area contributed by atoms with Crippen molar-refractivity contribution >= 4 is 23.2 Å². The number of nitrogens with zero attached hydrogens (tertiary/aromatic N) is 1. The Hall–Kier alpha value is -0.350. The lowest BCUT2D eigenvalue weighted by Gasteiger charge is -2.17. The number of alkyl halides is 1. The van der Waals surface area contributed by atoms with Crippen LogP contribution in [0.5, 0.6) is 0 Å². The van der Waals surface area contributed by atoms with Gasteiger partial charge in [-0.15, -0.1) is 11.6 Å². The van der Waals surface area contributed by atoms with Gasteiger partial charge >= 0.3 is 0 Å². The van der Waals surface area contributed by atoms with Gasteiger partial charge in [0.15, 0.2) is 0 Å². The summed E-state index contributed by atoms with van der Waals surface area (Å²) in [5, 5.41) is 19.3. The van der Waals surface area contributed by atoms with Crippen LogP contribution in [0.25, 0.3) is 0 Å². The summed E-state index contributed by atoms with van der Waals surface area (Å²) in [6.45, 7) is 1.71. The van der Waals surface area contributed by atoms with Crippen molar-refractivity contribution in [3.05, 3.63) is 28.5 Å². The molecule has 0 saturated heterocycles. The largest absolute Gasteiger partial charge is 0.389 e. The fraction of sp³-hybridized carbons (Fsp3) is 0.444. The molecule has 0 aliphatic carbocycles. The van der Waals surface area contributed by atoms with Gasteiger partial charge in [0, 0.05) is 11.3 Å². The summed E-state index contributed by atoms with van der Waals surface area (Å²) in [7, 11) is 0. The molecule has 0 radical (unpaired) electrons. The van der Waals surface area contributed by atoms with Gasteiger partial charge in [0.25, 0.3) is 0 Å². The van der Waals surface area contributed by atoms with E-state index >= 15 is 0 Å². The molecule has 2 unspecified atom stereocenters. The molecule has 1 rings (SSSR count). The lowest BCUT2D eigenvalue weighted by molar-refractivity contribution is 0.0321. The summed E-state index contributed by atoms with van der Waals surface area (Å²) in [4.78, 5) is 3.96. The molecule has 1 heterocycles. The topological polar surface area (TPSA) is 53.4 Å². The molecule has 2 N–H and O–H groups in total. The van der Waals surface area contributed by atoms with E-state index in [0.717, 1.165) is 0 Å². The van der Waals surface area contributed by atoms with E-state index in [0.29, 0.717) is 16.4 Å². The van der Waals surface area contributed by atoms with E-state index in [9.17, 15) is 10.2 Å². The first kappa shape index (κ1) is 11.7. The fourth-order valence-electron chi connectivity index (χ4n) is 1.15. The van der Waals surface area contributed by atoms with Crippen LogP contribution in [0.15, 0.2) is 12.1 Å². The average molecular weight is 236 g/mol. The molecule has 5 heteroatoms. The normalized spacial score (nSPS) is 15.2. The zero-order valence-electron chi connectivity index (χ0n) is 7.61. The van der Waals surface area contributed by atoms with E-state index in [1.54, 1.807) is 19.1 Å². The van der Waals surface area contributed by atoms with Gasteiger partial charge in [-0.3, -0.25) is 0 Å². The van der Waals surface area contributed by atoms with Gasteiger partial charge in [0.2, 0.25) is 0 Å². The maximum atomic E-state index is 9.64. The van der Waals surface area contributed by atoms with Crippen molar-refractivity contribution in [2.45, 2.75) is 19.1 Å². The molecular formula is C9H11Cl2NO2. The van der Waals surface area contributed by atoms with Gasteiger partial charge in [-0.1, -0.05) is 17.7 Å². The van der Waals surface area contributed by atoms with Crippen molar-refractivity contribution in [1.82, 2.24) is 4.98 Å². The lowest BCUT2D eigenvalue weighted by Crippen LogP contribution is -2.20. The van der Waals surface area contributed by atoms with Crippen LogP contribution in [0.4, 0.5) is 0 Å². The fourth-order valence-corrected chi connectivity index (χ4v) is 1.50. The summed E-state index contributed by atoms with van der Waals surface area (Å²) in [5.74, 6) is -0.0246. The predicted molar refractivity (Wildman–Crippen MR) is 55.7 cm³/mol. The molecule has 0 bridgehead atoms. The predicted octanol–water partition coefficient (Wildman–Crippen LogP) is 1.68. The molecule has 0 amide bonds. The standard InChI is InChI=1S/C9H11Cl2NO2/c1-5-6(2-3-8(11)12-5)9(14)7(13)4-10/h2-3,7,9,13-14H,4H2,1H3. The Morgan fingerprint density at radius 3 is 2.57 bits per heavy atom. The van der Waals surface area contributed by atoms with E-state index < -0.39 is 12.2 Å². The molecule has 0 aliphatic heterocycles. The summed E-state index contributed by atoms with van der Waals surface area (Å²) in [5.41, 5.74) is 1.14. The molecule has 1 aromatic rings. The van der Waals surface area contributed by atoms with E-state index in [1.165, 1.54) is 0 Å². The minimum atomic E-state index is -1.02. The highest BCUT2D eigenvalue weighted by molar-refractivity contribution is 6.29. The highest BCUT2D eigenvalue weighted by atomic mass is 35.5. The number of hydrogen-bond donors (Lipinski definition) is 2. The first-order chi connectivity index (χ1) is 6.56.